The van der Waals surface area contributed by atoms with Crippen LogP contribution in [0.5, 0.6) is 0 Å². The SMILES string of the molecule is CC(C)CO[C@]1(CO)OC[C@@H](O)[C@H](O)[C@@H]1O. The van der Waals surface area contributed by atoms with Crippen LogP contribution < -0.4 is 0 Å². The van der Waals surface area contributed by atoms with Crippen LogP contribution in [0, 0.1) is 5.92 Å². The summed E-state index contributed by atoms with van der Waals surface area (Å²) in [6, 6.07) is 0. The van der Waals surface area contributed by atoms with Crippen LogP contribution in [0.1, 0.15) is 13.8 Å². The number of ether oxygens (including phenoxy) is 2. The molecule has 1 aliphatic rings. The first kappa shape index (κ1) is 13.8. The molecule has 4 atom stereocenters. The van der Waals surface area contributed by atoms with Crippen LogP contribution in [0.4, 0.5) is 0 Å². The van der Waals surface area contributed by atoms with Crippen molar-refractivity contribution in [3.8, 4) is 0 Å². The fourth-order valence-corrected chi connectivity index (χ4v) is 1.50. The molecule has 1 rings (SSSR count). The van der Waals surface area contributed by atoms with Crippen molar-refractivity contribution in [2.24, 2.45) is 5.92 Å². The molecule has 0 amide bonds. The van der Waals surface area contributed by atoms with E-state index >= 15 is 0 Å². The fourth-order valence-electron chi connectivity index (χ4n) is 1.50. The van der Waals surface area contributed by atoms with Gasteiger partial charge in [-0.2, -0.15) is 0 Å². The third-order valence-electron chi connectivity index (χ3n) is 2.55. The molecule has 96 valence electrons. The Bertz CT molecular complexity index is 221. The Morgan fingerprint density at radius 3 is 2.50 bits per heavy atom. The Kier molecular flexibility index (Phi) is 4.66. The summed E-state index contributed by atoms with van der Waals surface area (Å²) in [5, 5.41) is 37.8. The summed E-state index contributed by atoms with van der Waals surface area (Å²) in [4.78, 5) is 0. The molecule has 0 aromatic rings. The zero-order valence-corrected chi connectivity index (χ0v) is 9.54. The molecule has 0 aromatic carbocycles. The highest BCUT2D eigenvalue weighted by atomic mass is 16.7. The predicted octanol–water partition coefficient (Wildman–Crippen LogP) is -1.54. The van der Waals surface area contributed by atoms with Gasteiger partial charge in [0.25, 0.3) is 0 Å². The molecule has 4 N–H and O–H groups in total. The van der Waals surface area contributed by atoms with E-state index in [-0.39, 0.29) is 19.1 Å². The predicted molar refractivity (Wildman–Crippen MR) is 54.6 cm³/mol. The van der Waals surface area contributed by atoms with Gasteiger partial charge in [0, 0.05) is 0 Å². The van der Waals surface area contributed by atoms with E-state index in [1.807, 2.05) is 13.8 Å². The second-order valence-corrected chi connectivity index (χ2v) is 4.49. The van der Waals surface area contributed by atoms with Crippen molar-refractivity contribution in [1.82, 2.24) is 0 Å². The normalized spacial score (nSPS) is 40.3. The molecule has 6 nitrogen and oxygen atoms in total. The van der Waals surface area contributed by atoms with Gasteiger partial charge in [-0.05, 0) is 5.92 Å². The maximum absolute atomic E-state index is 9.75. The Balaban J connectivity index is 2.70. The molecular weight excluding hydrogens is 216 g/mol. The largest absolute Gasteiger partial charge is 0.391 e. The summed E-state index contributed by atoms with van der Waals surface area (Å²) in [5.74, 6) is -1.44. The van der Waals surface area contributed by atoms with Crippen molar-refractivity contribution in [3.63, 3.8) is 0 Å². The number of aliphatic hydroxyl groups is 4. The second-order valence-electron chi connectivity index (χ2n) is 4.49. The van der Waals surface area contributed by atoms with Gasteiger partial charge in [-0.25, -0.2) is 0 Å². The zero-order valence-electron chi connectivity index (χ0n) is 9.54. The monoisotopic (exact) mass is 236 g/mol. The second kappa shape index (κ2) is 5.39. The summed E-state index contributed by atoms with van der Waals surface area (Å²) in [6.07, 6.45) is -4.02. The molecule has 0 aliphatic carbocycles. The van der Waals surface area contributed by atoms with E-state index in [0.29, 0.717) is 0 Å². The molecule has 0 bridgehead atoms. The molecule has 6 heteroatoms. The fraction of sp³-hybridized carbons (Fsp3) is 1.00. The van der Waals surface area contributed by atoms with Gasteiger partial charge in [0.2, 0.25) is 5.79 Å². The molecule has 0 unspecified atom stereocenters. The van der Waals surface area contributed by atoms with Gasteiger partial charge in [-0.1, -0.05) is 13.8 Å². The van der Waals surface area contributed by atoms with Crippen molar-refractivity contribution in [3.05, 3.63) is 0 Å². The van der Waals surface area contributed by atoms with E-state index in [4.69, 9.17) is 9.47 Å². The molecule has 0 spiro atoms. The molecule has 1 fully saturated rings. The van der Waals surface area contributed by atoms with Gasteiger partial charge in [-0.15, -0.1) is 0 Å². The van der Waals surface area contributed by atoms with E-state index in [2.05, 4.69) is 0 Å². The van der Waals surface area contributed by atoms with Crippen LogP contribution in [0.15, 0.2) is 0 Å². The topological polar surface area (TPSA) is 99.4 Å². The third-order valence-corrected chi connectivity index (χ3v) is 2.55. The van der Waals surface area contributed by atoms with Crippen LogP contribution in [-0.4, -0.2) is 64.3 Å². The first-order valence-electron chi connectivity index (χ1n) is 5.36. The molecule has 16 heavy (non-hydrogen) atoms. The van der Waals surface area contributed by atoms with E-state index in [9.17, 15) is 20.4 Å². The lowest BCUT2D eigenvalue weighted by Crippen LogP contribution is -2.64. The Hall–Kier alpha value is -0.240. The minimum Gasteiger partial charge on any atom is -0.391 e. The van der Waals surface area contributed by atoms with E-state index in [0.717, 1.165) is 0 Å². The van der Waals surface area contributed by atoms with Gasteiger partial charge in [0.15, 0.2) is 0 Å². The van der Waals surface area contributed by atoms with Crippen LogP contribution in [-0.2, 0) is 9.47 Å². The quantitative estimate of drug-likeness (QED) is 0.472. The average molecular weight is 236 g/mol. The smallest absolute Gasteiger partial charge is 0.221 e. The zero-order chi connectivity index (χ0) is 12.3. The highest BCUT2D eigenvalue weighted by Gasteiger charge is 2.50. The number of aliphatic hydroxyl groups excluding tert-OH is 4. The molecule has 0 radical (unpaired) electrons. The average Bonchev–Trinajstić information content (AvgIpc) is 2.26. The Labute approximate surface area is 94.4 Å². The van der Waals surface area contributed by atoms with Crippen LogP contribution in [0.2, 0.25) is 0 Å². The maximum Gasteiger partial charge on any atom is 0.221 e. The summed E-state index contributed by atoms with van der Waals surface area (Å²) >= 11 is 0. The Morgan fingerprint density at radius 1 is 1.38 bits per heavy atom. The van der Waals surface area contributed by atoms with Gasteiger partial charge in [-0.3, -0.25) is 0 Å². The summed E-state index contributed by atoms with van der Waals surface area (Å²) in [6.45, 7) is 3.33. The van der Waals surface area contributed by atoms with Crippen LogP contribution in [0.3, 0.4) is 0 Å². The molecule has 1 saturated heterocycles. The van der Waals surface area contributed by atoms with Crippen molar-refractivity contribution in [2.75, 3.05) is 19.8 Å². The summed E-state index contributed by atoms with van der Waals surface area (Å²) in [7, 11) is 0. The number of hydrogen-bond donors (Lipinski definition) is 4. The number of rotatable bonds is 4. The van der Waals surface area contributed by atoms with E-state index in [1.165, 1.54) is 0 Å². The van der Waals surface area contributed by atoms with Crippen LogP contribution >= 0.6 is 0 Å². The Morgan fingerprint density at radius 2 is 2.00 bits per heavy atom. The van der Waals surface area contributed by atoms with Crippen molar-refractivity contribution in [1.29, 1.82) is 0 Å². The lowest BCUT2D eigenvalue weighted by molar-refractivity contribution is -0.350. The van der Waals surface area contributed by atoms with Crippen molar-refractivity contribution >= 4 is 0 Å². The minimum atomic E-state index is -1.64. The first-order valence-corrected chi connectivity index (χ1v) is 5.36. The van der Waals surface area contributed by atoms with Crippen molar-refractivity contribution < 1.29 is 29.9 Å². The maximum atomic E-state index is 9.75. The van der Waals surface area contributed by atoms with E-state index < -0.39 is 30.7 Å². The lowest BCUT2D eigenvalue weighted by atomic mass is 9.97. The van der Waals surface area contributed by atoms with Gasteiger partial charge in [0.1, 0.15) is 24.9 Å². The van der Waals surface area contributed by atoms with Gasteiger partial charge in [0.05, 0.1) is 13.2 Å². The molecule has 1 aliphatic heterocycles. The first-order chi connectivity index (χ1) is 7.43. The standard InChI is InChI=1S/C10H20O6/c1-6(2)3-15-10(5-11)9(14)8(13)7(12)4-16-10/h6-9,11-14H,3-5H2,1-2H3/t7-,8+,9+,10-/m1/s1. The van der Waals surface area contributed by atoms with Gasteiger partial charge < -0.3 is 29.9 Å². The van der Waals surface area contributed by atoms with Crippen LogP contribution in [0.25, 0.3) is 0 Å². The molecule has 0 aromatic heterocycles. The van der Waals surface area contributed by atoms with E-state index in [1.54, 1.807) is 0 Å². The highest BCUT2D eigenvalue weighted by Crippen LogP contribution is 2.27. The third kappa shape index (κ3) is 2.71. The summed E-state index contributed by atoms with van der Waals surface area (Å²) in [5.41, 5.74) is 0. The van der Waals surface area contributed by atoms with Crippen molar-refractivity contribution in [2.45, 2.75) is 37.9 Å². The molecule has 0 saturated carbocycles. The molecule has 1 heterocycles. The number of hydrogen-bond acceptors (Lipinski definition) is 6. The summed E-state index contributed by atoms with van der Waals surface area (Å²) < 4.78 is 10.4. The minimum absolute atomic E-state index is 0.184. The van der Waals surface area contributed by atoms with Gasteiger partial charge >= 0.3 is 0 Å². The highest BCUT2D eigenvalue weighted by molar-refractivity contribution is 4.92. The molecular formula is C10H20O6. The lowest BCUT2D eigenvalue weighted by Gasteiger charge is -2.43.